The molecule has 3 fully saturated rings. The van der Waals surface area contributed by atoms with Gasteiger partial charge < -0.3 is 5.32 Å². The largest absolute Gasteiger partial charge is 0.311 e. The molecule has 0 amide bonds. The summed E-state index contributed by atoms with van der Waals surface area (Å²) in [5, 5.41) is 3.45. The highest BCUT2D eigenvalue weighted by Gasteiger charge is 2.36. The number of hydrogen-bond donors (Lipinski definition) is 1. The fourth-order valence-corrected chi connectivity index (χ4v) is 7.26. The van der Waals surface area contributed by atoms with Gasteiger partial charge in [0.1, 0.15) is 5.37 Å². The minimum absolute atomic E-state index is 0.236. The standard InChI is InChI=1S/C15H28N2O2S2/c1-2-21(18,19)15-11-20-8-7-17(15)6-5-12-9-13-3-4-14(10-12)16-13/h12-16H,2-11H2,1H3. The molecule has 3 aliphatic heterocycles. The SMILES string of the molecule is CCS(=O)(=O)C1CSCCN1CCC1CC2CCC(C1)N2. The molecule has 3 atom stereocenters. The van der Waals surface area contributed by atoms with Crippen molar-refractivity contribution < 1.29 is 8.42 Å². The van der Waals surface area contributed by atoms with Crippen LogP contribution in [0, 0.1) is 5.92 Å². The molecule has 0 aliphatic carbocycles. The maximum atomic E-state index is 12.3. The van der Waals surface area contributed by atoms with Crippen LogP contribution in [0.2, 0.25) is 0 Å². The maximum Gasteiger partial charge on any atom is 0.166 e. The van der Waals surface area contributed by atoms with Crippen molar-refractivity contribution in [1.82, 2.24) is 10.2 Å². The highest BCUT2D eigenvalue weighted by molar-refractivity contribution is 8.01. The summed E-state index contributed by atoms with van der Waals surface area (Å²) in [6.07, 6.45) is 6.45. The lowest BCUT2D eigenvalue weighted by atomic mass is 9.89. The van der Waals surface area contributed by atoms with E-state index in [9.17, 15) is 8.42 Å². The van der Waals surface area contributed by atoms with Gasteiger partial charge in [-0.3, -0.25) is 4.90 Å². The third-order valence-electron chi connectivity index (χ3n) is 5.40. The molecule has 3 rings (SSSR count). The Morgan fingerprint density at radius 2 is 1.95 bits per heavy atom. The molecule has 0 saturated carbocycles. The molecule has 0 spiro atoms. The zero-order chi connectivity index (χ0) is 14.9. The van der Waals surface area contributed by atoms with Crippen molar-refractivity contribution >= 4 is 21.6 Å². The normalized spacial score (nSPS) is 37.8. The van der Waals surface area contributed by atoms with Gasteiger partial charge in [-0.2, -0.15) is 11.8 Å². The Balaban J connectivity index is 1.55. The van der Waals surface area contributed by atoms with Gasteiger partial charge in [0, 0.05) is 35.9 Å². The molecule has 0 aromatic heterocycles. The fourth-order valence-electron chi connectivity index (χ4n) is 4.15. The van der Waals surface area contributed by atoms with Crippen LogP contribution in [0.3, 0.4) is 0 Å². The minimum Gasteiger partial charge on any atom is -0.311 e. The molecule has 6 heteroatoms. The van der Waals surface area contributed by atoms with Crippen LogP contribution in [0.5, 0.6) is 0 Å². The topological polar surface area (TPSA) is 49.4 Å². The number of hydrogen-bond acceptors (Lipinski definition) is 5. The van der Waals surface area contributed by atoms with E-state index in [0.717, 1.165) is 42.6 Å². The number of rotatable bonds is 5. The second-order valence-corrected chi connectivity index (χ2v) is 10.4. The summed E-state index contributed by atoms with van der Waals surface area (Å²) in [6, 6.07) is 1.47. The van der Waals surface area contributed by atoms with E-state index < -0.39 is 9.84 Å². The van der Waals surface area contributed by atoms with E-state index in [0.29, 0.717) is 0 Å². The summed E-state index contributed by atoms with van der Waals surface area (Å²) in [5.41, 5.74) is 0. The van der Waals surface area contributed by atoms with Gasteiger partial charge in [0.15, 0.2) is 9.84 Å². The number of nitrogens with one attached hydrogen (secondary N) is 1. The highest BCUT2D eigenvalue weighted by atomic mass is 32.2. The number of fused-ring (bicyclic) bond motifs is 2. The van der Waals surface area contributed by atoms with Crippen LogP contribution >= 0.6 is 11.8 Å². The van der Waals surface area contributed by atoms with Crippen LogP contribution in [0.15, 0.2) is 0 Å². The van der Waals surface area contributed by atoms with E-state index in [2.05, 4.69) is 10.2 Å². The Hall–Kier alpha value is 0.220. The van der Waals surface area contributed by atoms with Gasteiger partial charge in [-0.25, -0.2) is 8.42 Å². The van der Waals surface area contributed by atoms with Gasteiger partial charge in [-0.05, 0) is 44.6 Å². The van der Waals surface area contributed by atoms with E-state index in [1.54, 1.807) is 18.7 Å². The van der Waals surface area contributed by atoms with Gasteiger partial charge in [-0.1, -0.05) is 6.92 Å². The van der Waals surface area contributed by atoms with E-state index in [-0.39, 0.29) is 11.1 Å². The average molecular weight is 333 g/mol. The summed E-state index contributed by atoms with van der Waals surface area (Å²) in [7, 11) is -2.94. The molecule has 0 aromatic carbocycles. The van der Waals surface area contributed by atoms with Crippen molar-refractivity contribution in [3.63, 3.8) is 0 Å². The maximum absolute atomic E-state index is 12.3. The Kier molecular flexibility index (Phi) is 5.19. The first-order valence-electron chi connectivity index (χ1n) is 8.38. The van der Waals surface area contributed by atoms with Crippen molar-refractivity contribution in [2.24, 2.45) is 5.92 Å². The third-order valence-corrected chi connectivity index (χ3v) is 8.74. The second kappa shape index (κ2) is 6.77. The quantitative estimate of drug-likeness (QED) is 0.831. The van der Waals surface area contributed by atoms with E-state index in [1.807, 2.05) is 0 Å². The number of thioether (sulfide) groups is 1. The first-order valence-corrected chi connectivity index (χ1v) is 11.2. The zero-order valence-corrected chi connectivity index (χ0v) is 14.6. The Labute approximate surface area is 133 Å². The molecular weight excluding hydrogens is 304 g/mol. The van der Waals surface area contributed by atoms with Gasteiger partial charge in [0.2, 0.25) is 0 Å². The van der Waals surface area contributed by atoms with Crippen molar-refractivity contribution in [2.45, 2.75) is 56.5 Å². The molecule has 2 bridgehead atoms. The molecule has 3 unspecified atom stereocenters. The van der Waals surface area contributed by atoms with Crippen molar-refractivity contribution in [3.05, 3.63) is 0 Å². The number of nitrogens with zero attached hydrogens (tertiary/aromatic N) is 1. The molecule has 3 aliphatic rings. The van der Waals surface area contributed by atoms with Gasteiger partial charge in [-0.15, -0.1) is 0 Å². The molecule has 21 heavy (non-hydrogen) atoms. The number of sulfone groups is 1. The van der Waals surface area contributed by atoms with E-state index in [1.165, 1.54) is 32.1 Å². The lowest BCUT2D eigenvalue weighted by molar-refractivity contribution is 0.215. The lowest BCUT2D eigenvalue weighted by Gasteiger charge is -2.36. The summed E-state index contributed by atoms with van der Waals surface area (Å²) in [6.45, 7) is 3.68. The van der Waals surface area contributed by atoms with E-state index in [4.69, 9.17) is 0 Å². The molecule has 3 saturated heterocycles. The zero-order valence-electron chi connectivity index (χ0n) is 13.0. The summed E-state index contributed by atoms with van der Waals surface area (Å²) in [5.74, 6) is 2.90. The van der Waals surface area contributed by atoms with Crippen LogP contribution in [0.1, 0.15) is 39.0 Å². The van der Waals surface area contributed by atoms with Crippen molar-refractivity contribution in [2.75, 3.05) is 30.3 Å². The first kappa shape index (κ1) is 16.1. The number of piperidine rings is 1. The van der Waals surface area contributed by atoms with Crippen molar-refractivity contribution in [3.8, 4) is 0 Å². The lowest BCUT2D eigenvalue weighted by Crippen LogP contribution is -2.48. The van der Waals surface area contributed by atoms with E-state index >= 15 is 0 Å². The predicted molar refractivity (Wildman–Crippen MR) is 89.4 cm³/mol. The summed E-state index contributed by atoms with van der Waals surface area (Å²) >= 11 is 1.79. The monoisotopic (exact) mass is 332 g/mol. The van der Waals surface area contributed by atoms with Crippen LogP contribution in [-0.2, 0) is 9.84 Å². The molecular formula is C15H28N2O2S2. The molecule has 122 valence electrons. The Morgan fingerprint density at radius 3 is 2.62 bits per heavy atom. The average Bonchev–Trinajstić information content (AvgIpc) is 2.84. The fraction of sp³-hybridized carbons (Fsp3) is 1.00. The van der Waals surface area contributed by atoms with Crippen LogP contribution in [0.4, 0.5) is 0 Å². The highest BCUT2D eigenvalue weighted by Crippen LogP contribution is 2.33. The first-order chi connectivity index (χ1) is 10.1. The molecule has 0 radical (unpaired) electrons. The Morgan fingerprint density at radius 1 is 1.24 bits per heavy atom. The summed E-state index contributed by atoms with van der Waals surface area (Å²) < 4.78 is 24.5. The smallest absolute Gasteiger partial charge is 0.166 e. The summed E-state index contributed by atoms with van der Waals surface area (Å²) in [4.78, 5) is 2.25. The Bertz CT molecular complexity index is 443. The third kappa shape index (κ3) is 3.77. The van der Waals surface area contributed by atoms with Crippen LogP contribution < -0.4 is 5.32 Å². The predicted octanol–water partition coefficient (Wildman–Crippen LogP) is 1.72. The molecule has 0 aromatic rings. The van der Waals surface area contributed by atoms with Gasteiger partial charge >= 0.3 is 0 Å². The second-order valence-electron chi connectivity index (χ2n) is 6.78. The van der Waals surface area contributed by atoms with Gasteiger partial charge in [0.05, 0.1) is 0 Å². The molecule has 1 N–H and O–H groups in total. The molecule has 4 nitrogen and oxygen atoms in total. The van der Waals surface area contributed by atoms with Crippen LogP contribution in [0.25, 0.3) is 0 Å². The van der Waals surface area contributed by atoms with Crippen molar-refractivity contribution in [1.29, 1.82) is 0 Å². The minimum atomic E-state index is -2.94. The molecule has 3 heterocycles. The van der Waals surface area contributed by atoms with Gasteiger partial charge in [0.25, 0.3) is 0 Å². The van der Waals surface area contributed by atoms with Crippen LogP contribution in [-0.4, -0.2) is 61.1 Å².